The highest BCUT2D eigenvalue weighted by Gasteiger charge is 2.44. The molecule has 0 aliphatic carbocycles. The second-order valence-corrected chi connectivity index (χ2v) is 2.96. The summed E-state index contributed by atoms with van der Waals surface area (Å²) in [5, 5.41) is 2.23. The number of nitrogens with zero attached hydrogens (tertiary/aromatic N) is 1. The van der Waals surface area contributed by atoms with Crippen molar-refractivity contribution in [3.8, 4) is 0 Å². The van der Waals surface area contributed by atoms with E-state index in [9.17, 15) is 9.59 Å². The van der Waals surface area contributed by atoms with Crippen LogP contribution in [-0.2, 0) is 4.79 Å². The molecule has 3 N–H and O–H groups in total. The Morgan fingerprint density at radius 1 is 1.50 bits per heavy atom. The summed E-state index contributed by atoms with van der Waals surface area (Å²) in [4.78, 5) is 23.4. The van der Waals surface area contributed by atoms with Crippen LogP contribution in [0.1, 0.15) is 6.42 Å². The standard InChI is InChI=1S/C6H9N3O2.ClH/c7-3-1-4-5(10)8-6(11)9(4)2-3;/h3-4H,1-2,7H2,(H,8,10,11);1H/t3-,4-;/m0./s1. The maximum Gasteiger partial charge on any atom is 0.324 e. The van der Waals surface area contributed by atoms with E-state index < -0.39 is 0 Å². The molecule has 0 spiro atoms. The molecule has 68 valence electrons. The number of fused-ring (bicyclic) bond motifs is 1. The van der Waals surface area contributed by atoms with Crippen molar-refractivity contribution in [2.75, 3.05) is 6.54 Å². The van der Waals surface area contributed by atoms with Crippen LogP contribution in [0.5, 0.6) is 0 Å². The van der Waals surface area contributed by atoms with E-state index in [2.05, 4.69) is 5.32 Å². The lowest BCUT2D eigenvalue weighted by atomic mass is 10.2. The van der Waals surface area contributed by atoms with Gasteiger partial charge in [0.2, 0.25) is 0 Å². The molecular weight excluding hydrogens is 182 g/mol. The predicted octanol–water partition coefficient (Wildman–Crippen LogP) is -0.940. The Morgan fingerprint density at radius 3 is 2.75 bits per heavy atom. The van der Waals surface area contributed by atoms with Crippen molar-refractivity contribution in [2.45, 2.75) is 18.5 Å². The predicted molar refractivity (Wildman–Crippen MR) is 43.9 cm³/mol. The highest BCUT2D eigenvalue weighted by molar-refractivity contribution is 6.04. The molecular formula is C6H10ClN3O2. The lowest BCUT2D eigenvalue weighted by molar-refractivity contribution is -0.120. The molecule has 12 heavy (non-hydrogen) atoms. The number of carbonyl (C=O) groups excluding carboxylic acids is 2. The summed E-state index contributed by atoms with van der Waals surface area (Å²) >= 11 is 0. The van der Waals surface area contributed by atoms with Crippen molar-refractivity contribution < 1.29 is 9.59 Å². The van der Waals surface area contributed by atoms with E-state index in [1.54, 1.807) is 0 Å². The number of imide groups is 1. The third-order valence-corrected chi connectivity index (χ3v) is 2.13. The van der Waals surface area contributed by atoms with Gasteiger partial charge in [-0.15, -0.1) is 12.4 Å². The van der Waals surface area contributed by atoms with Gasteiger partial charge in [0.05, 0.1) is 0 Å². The summed E-state index contributed by atoms with van der Waals surface area (Å²) in [6.07, 6.45) is 0.595. The van der Waals surface area contributed by atoms with Gasteiger partial charge in [-0.25, -0.2) is 4.79 Å². The Hall–Kier alpha value is -0.810. The van der Waals surface area contributed by atoms with E-state index in [-0.39, 0.29) is 36.4 Å². The first kappa shape index (κ1) is 9.28. The van der Waals surface area contributed by atoms with Crippen LogP contribution in [0.15, 0.2) is 0 Å². The van der Waals surface area contributed by atoms with Gasteiger partial charge in [-0.1, -0.05) is 0 Å². The van der Waals surface area contributed by atoms with E-state index in [1.807, 2.05) is 0 Å². The van der Waals surface area contributed by atoms with Crippen LogP contribution in [0.2, 0.25) is 0 Å². The molecule has 0 aromatic heterocycles. The van der Waals surface area contributed by atoms with Crippen LogP contribution in [0.3, 0.4) is 0 Å². The van der Waals surface area contributed by atoms with Gasteiger partial charge in [0.25, 0.3) is 5.91 Å². The number of nitrogens with one attached hydrogen (secondary N) is 1. The summed E-state index contributed by atoms with van der Waals surface area (Å²) in [6, 6.07) is -0.625. The van der Waals surface area contributed by atoms with Gasteiger partial charge in [-0.2, -0.15) is 0 Å². The average Bonchev–Trinajstić information content (AvgIpc) is 2.38. The Labute approximate surface area is 75.7 Å². The molecule has 3 amide bonds. The van der Waals surface area contributed by atoms with Gasteiger partial charge in [0.1, 0.15) is 6.04 Å². The summed E-state index contributed by atoms with van der Waals surface area (Å²) in [5.41, 5.74) is 5.58. The number of nitrogens with two attached hydrogens (primary N) is 1. The van der Waals surface area contributed by atoms with Gasteiger partial charge >= 0.3 is 6.03 Å². The van der Waals surface area contributed by atoms with Crippen molar-refractivity contribution in [3.63, 3.8) is 0 Å². The molecule has 2 atom stereocenters. The second kappa shape index (κ2) is 2.91. The first-order valence-corrected chi connectivity index (χ1v) is 3.55. The average molecular weight is 192 g/mol. The number of hydrogen-bond acceptors (Lipinski definition) is 3. The van der Waals surface area contributed by atoms with E-state index in [4.69, 9.17) is 5.73 Å². The minimum absolute atomic E-state index is 0. The molecule has 2 saturated heterocycles. The number of halogens is 1. The minimum Gasteiger partial charge on any atom is -0.326 e. The third-order valence-electron chi connectivity index (χ3n) is 2.13. The quantitative estimate of drug-likeness (QED) is 0.486. The Kier molecular flexibility index (Phi) is 2.25. The maximum absolute atomic E-state index is 11.0. The molecule has 6 heteroatoms. The first-order valence-electron chi connectivity index (χ1n) is 3.55. The Morgan fingerprint density at radius 2 is 2.17 bits per heavy atom. The van der Waals surface area contributed by atoms with Crippen LogP contribution in [0.4, 0.5) is 4.79 Å². The number of carbonyl (C=O) groups is 2. The summed E-state index contributed by atoms with van der Waals surface area (Å²) in [7, 11) is 0. The number of hydrogen-bond donors (Lipinski definition) is 2. The Bertz CT molecular complexity index is 211. The van der Waals surface area contributed by atoms with Crippen molar-refractivity contribution >= 4 is 24.3 Å². The second-order valence-electron chi connectivity index (χ2n) is 2.96. The van der Waals surface area contributed by atoms with Gasteiger partial charge in [-0.05, 0) is 6.42 Å². The summed E-state index contributed by atoms with van der Waals surface area (Å²) in [6.45, 7) is 0.502. The molecule has 0 unspecified atom stereocenters. The van der Waals surface area contributed by atoms with Crippen LogP contribution in [0.25, 0.3) is 0 Å². The molecule has 2 aliphatic heterocycles. The van der Waals surface area contributed by atoms with Crippen molar-refractivity contribution in [3.05, 3.63) is 0 Å². The largest absolute Gasteiger partial charge is 0.326 e. The minimum atomic E-state index is -0.298. The lowest BCUT2D eigenvalue weighted by Crippen LogP contribution is -2.33. The van der Waals surface area contributed by atoms with Crippen molar-refractivity contribution in [1.29, 1.82) is 0 Å². The zero-order valence-electron chi connectivity index (χ0n) is 6.32. The zero-order valence-corrected chi connectivity index (χ0v) is 7.13. The topological polar surface area (TPSA) is 75.4 Å². The van der Waals surface area contributed by atoms with Crippen LogP contribution in [-0.4, -0.2) is 35.5 Å². The maximum atomic E-state index is 11.0. The fourth-order valence-electron chi connectivity index (χ4n) is 1.60. The molecule has 2 heterocycles. The fourth-order valence-corrected chi connectivity index (χ4v) is 1.60. The molecule has 0 aromatic carbocycles. The van der Waals surface area contributed by atoms with E-state index in [0.29, 0.717) is 13.0 Å². The lowest BCUT2D eigenvalue weighted by Gasteiger charge is -2.09. The molecule has 5 nitrogen and oxygen atoms in total. The van der Waals surface area contributed by atoms with Crippen LogP contribution >= 0.6 is 12.4 Å². The fraction of sp³-hybridized carbons (Fsp3) is 0.667. The molecule has 2 aliphatic rings. The molecule has 0 aromatic rings. The number of rotatable bonds is 0. The number of amides is 3. The highest BCUT2D eigenvalue weighted by atomic mass is 35.5. The van der Waals surface area contributed by atoms with Gasteiger partial charge in [-0.3, -0.25) is 10.1 Å². The summed E-state index contributed by atoms with van der Waals surface area (Å²) in [5.74, 6) is -0.206. The SMILES string of the molecule is Cl.N[C@H]1C[C@H]2C(=O)NC(=O)N2C1. The molecule has 2 rings (SSSR count). The molecule has 0 bridgehead atoms. The van der Waals surface area contributed by atoms with Crippen LogP contribution in [0, 0.1) is 0 Å². The van der Waals surface area contributed by atoms with Gasteiger partial charge < -0.3 is 10.6 Å². The van der Waals surface area contributed by atoms with Gasteiger partial charge in [0, 0.05) is 12.6 Å². The van der Waals surface area contributed by atoms with Crippen molar-refractivity contribution in [2.24, 2.45) is 5.73 Å². The van der Waals surface area contributed by atoms with E-state index in [1.165, 1.54) is 4.90 Å². The highest BCUT2D eigenvalue weighted by Crippen LogP contribution is 2.20. The smallest absolute Gasteiger partial charge is 0.324 e. The molecule has 0 radical (unpaired) electrons. The zero-order chi connectivity index (χ0) is 8.01. The van der Waals surface area contributed by atoms with Gasteiger partial charge in [0.15, 0.2) is 0 Å². The Balaban J connectivity index is 0.000000720. The normalized spacial score (nSPS) is 32.9. The van der Waals surface area contributed by atoms with E-state index >= 15 is 0 Å². The number of urea groups is 1. The molecule has 2 fully saturated rings. The van der Waals surface area contributed by atoms with Crippen LogP contribution < -0.4 is 11.1 Å². The monoisotopic (exact) mass is 191 g/mol. The third kappa shape index (κ3) is 1.15. The molecule has 0 saturated carbocycles. The van der Waals surface area contributed by atoms with Crippen molar-refractivity contribution in [1.82, 2.24) is 10.2 Å². The van der Waals surface area contributed by atoms with E-state index in [0.717, 1.165) is 0 Å². The summed E-state index contributed by atoms with van der Waals surface area (Å²) < 4.78 is 0. The first-order chi connectivity index (χ1) is 5.18.